The summed E-state index contributed by atoms with van der Waals surface area (Å²) in [6, 6.07) is 6.19. The molecule has 3 nitrogen and oxygen atoms in total. The zero-order chi connectivity index (χ0) is 13.9. The van der Waals surface area contributed by atoms with Crippen LogP contribution < -0.4 is 5.32 Å². The molecule has 1 saturated heterocycles. The molecule has 1 aliphatic heterocycles. The normalized spacial score (nSPS) is 24.0. The largest absolute Gasteiger partial charge is 0.378 e. The second-order valence-corrected chi connectivity index (χ2v) is 6.00. The van der Waals surface area contributed by atoms with Gasteiger partial charge in [0, 0.05) is 37.3 Å². The lowest BCUT2D eigenvalue weighted by Gasteiger charge is -2.36. The van der Waals surface area contributed by atoms with Gasteiger partial charge in [-0.15, -0.1) is 0 Å². The molecule has 2 aliphatic rings. The van der Waals surface area contributed by atoms with Crippen LogP contribution in [0.2, 0.25) is 5.02 Å². The summed E-state index contributed by atoms with van der Waals surface area (Å²) in [7, 11) is 0. The van der Waals surface area contributed by atoms with Crippen LogP contribution in [0.25, 0.3) is 0 Å². The van der Waals surface area contributed by atoms with Gasteiger partial charge < -0.3 is 10.1 Å². The Morgan fingerprint density at radius 3 is 3.05 bits per heavy atom. The second-order valence-electron chi connectivity index (χ2n) is 5.59. The minimum atomic E-state index is -0.297. The molecule has 0 spiro atoms. The molecule has 0 radical (unpaired) electrons. The Hall–Kier alpha value is -0.680. The molecule has 1 N–H and O–H groups in total. The Labute approximate surface area is 124 Å². The number of ether oxygens (including phenoxy) is 1. The molecule has 1 aromatic carbocycles. The van der Waals surface area contributed by atoms with Crippen molar-refractivity contribution in [2.45, 2.75) is 31.5 Å². The Morgan fingerprint density at radius 1 is 1.40 bits per heavy atom. The number of hydrogen-bond donors (Lipinski definition) is 1. The number of halogens is 2. The van der Waals surface area contributed by atoms with Gasteiger partial charge >= 0.3 is 0 Å². The molecule has 1 saturated carbocycles. The second kappa shape index (κ2) is 6.39. The zero-order valence-corrected chi connectivity index (χ0v) is 12.2. The molecule has 5 heteroatoms. The summed E-state index contributed by atoms with van der Waals surface area (Å²) in [5.41, 5.74) is 0.663. The molecule has 0 aromatic heterocycles. The van der Waals surface area contributed by atoms with Crippen LogP contribution in [0.15, 0.2) is 18.2 Å². The number of rotatable bonds is 5. The number of nitrogens with one attached hydrogen (secondary N) is 1. The molecule has 110 valence electrons. The fourth-order valence-corrected chi connectivity index (χ4v) is 2.76. The highest BCUT2D eigenvalue weighted by Gasteiger charge is 2.27. The van der Waals surface area contributed by atoms with E-state index < -0.39 is 0 Å². The predicted molar refractivity (Wildman–Crippen MR) is 77.5 cm³/mol. The average Bonchev–Trinajstić information content (AvgIpc) is 3.27. The first-order chi connectivity index (χ1) is 9.74. The van der Waals surface area contributed by atoms with Crippen molar-refractivity contribution in [1.29, 1.82) is 0 Å². The van der Waals surface area contributed by atoms with E-state index in [4.69, 9.17) is 16.3 Å². The first kappa shape index (κ1) is 14.3. The van der Waals surface area contributed by atoms with Crippen LogP contribution >= 0.6 is 11.6 Å². The van der Waals surface area contributed by atoms with Gasteiger partial charge in [-0.1, -0.05) is 23.7 Å². The predicted octanol–water partition coefficient (Wildman–Crippen LogP) is 2.43. The van der Waals surface area contributed by atoms with E-state index in [0.717, 1.165) is 13.1 Å². The summed E-state index contributed by atoms with van der Waals surface area (Å²) in [5, 5.41) is 3.72. The van der Waals surface area contributed by atoms with Gasteiger partial charge in [0.15, 0.2) is 0 Å². The number of nitrogens with zero attached hydrogens (tertiary/aromatic N) is 1. The maximum Gasteiger partial charge on any atom is 0.146 e. The molecular weight excluding hydrogens is 279 g/mol. The van der Waals surface area contributed by atoms with Crippen molar-refractivity contribution in [2.75, 3.05) is 26.3 Å². The van der Waals surface area contributed by atoms with E-state index in [2.05, 4.69) is 10.2 Å². The average molecular weight is 299 g/mol. The van der Waals surface area contributed by atoms with Crippen LogP contribution in [0.1, 0.15) is 18.4 Å². The fourth-order valence-electron chi connectivity index (χ4n) is 2.56. The first-order valence-electron chi connectivity index (χ1n) is 7.22. The maximum atomic E-state index is 14.0. The van der Waals surface area contributed by atoms with E-state index in [0.29, 0.717) is 37.4 Å². The van der Waals surface area contributed by atoms with Crippen LogP contribution in [0.5, 0.6) is 0 Å². The van der Waals surface area contributed by atoms with Gasteiger partial charge in [-0.3, -0.25) is 4.90 Å². The molecule has 0 bridgehead atoms. The van der Waals surface area contributed by atoms with Crippen LogP contribution in [0.3, 0.4) is 0 Å². The van der Waals surface area contributed by atoms with Gasteiger partial charge in [0.2, 0.25) is 0 Å². The molecule has 1 unspecified atom stereocenters. The lowest BCUT2D eigenvalue weighted by atomic mass is 10.1. The van der Waals surface area contributed by atoms with Gasteiger partial charge in [0.05, 0.1) is 18.2 Å². The molecule has 2 fully saturated rings. The third-order valence-electron chi connectivity index (χ3n) is 3.97. The number of hydrogen-bond acceptors (Lipinski definition) is 3. The van der Waals surface area contributed by atoms with Crippen LogP contribution in [-0.4, -0.2) is 43.3 Å². The minimum Gasteiger partial charge on any atom is -0.378 e. The molecule has 1 heterocycles. The SMILES string of the molecule is Fc1c(Cl)cccc1CN1CCOCC1CNC1CC1. The highest BCUT2D eigenvalue weighted by atomic mass is 35.5. The van der Waals surface area contributed by atoms with Gasteiger partial charge in [-0.25, -0.2) is 4.39 Å². The van der Waals surface area contributed by atoms with E-state index in [-0.39, 0.29) is 10.8 Å². The molecular formula is C15H20ClFN2O. The van der Waals surface area contributed by atoms with Crippen LogP contribution in [-0.2, 0) is 11.3 Å². The molecule has 1 aromatic rings. The van der Waals surface area contributed by atoms with Crippen molar-refractivity contribution in [3.63, 3.8) is 0 Å². The molecule has 1 aliphatic carbocycles. The Kier molecular flexibility index (Phi) is 4.56. The summed E-state index contributed by atoms with van der Waals surface area (Å²) in [5.74, 6) is -0.297. The number of benzene rings is 1. The highest BCUT2D eigenvalue weighted by Crippen LogP contribution is 2.22. The minimum absolute atomic E-state index is 0.198. The van der Waals surface area contributed by atoms with Crippen molar-refractivity contribution >= 4 is 11.6 Å². The van der Waals surface area contributed by atoms with Crippen molar-refractivity contribution in [1.82, 2.24) is 10.2 Å². The monoisotopic (exact) mass is 298 g/mol. The van der Waals surface area contributed by atoms with E-state index in [1.54, 1.807) is 12.1 Å². The Morgan fingerprint density at radius 2 is 2.25 bits per heavy atom. The number of morpholine rings is 1. The smallest absolute Gasteiger partial charge is 0.146 e. The van der Waals surface area contributed by atoms with Gasteiger partial charge in [-0.2, -0.15) is 0 Å². The maximum absolute atomic E-state index is 14.0. The van der Waals surface area contributed by atoms with Crippen molar-refractivity contribution in [2.24, 2.45) is 0 Å². The summed E-state index contributed by atoms with van der Waals surface area (Å²) < 4.78 is 19.6. The van der Waals surface area contributed by atoms with Crippen LogP contribution in [0, 0.1) is 5.82 Å². The summed E-state index contributed by atoms with van der Waals surface area (Å²) >= 11 is 5.85. The van der Waals surface area contributed by atoms with Crippen molar-refractivity contribution in [3.8, 4) is 0 Å². The lowest BCUT2D eigenvalue weighted by Crippen LogP contribution is -2.50. The van der Waals surface area contributed by atoms with E-state index in [9.17, 15) is 4.39 Å². The highest BCUT2D eigenvalue weighted by molar-refractivity contribution is 6.30. The summed E-state index contributed by atoms with van der Waals surface area (Å²) in [6.07, 6.45) is 2.55. The van der Waals surface area contributed by atoms with Gasteiger partial charge in [0.1, 0.15) is 5.82 Å². The molecule has 20 heavy (non-hydrogen) atoms. The van der Waals surface area contributed by atoms with E-state index >= 15 is 0 Å². The lowest BCUT2D eigenvalue weighted by molar-refractivity contribution is -0.0114. The zero-order valence-electron chi connectivity index (χ0n) is 11.4. The van der Waals surface area contributed by atoms with Crippen molar-refractivity contribution in [3.05, 3.63) is 34.6 Å². The Balaban J connectivity index is 1.64. The third-order valence-corrected chi connectivity index (χ3v) is 4.27. The molecule has 3 rings (SSSR count). The van der Waals surface area contributed by atoms with E-state index in [1.807, 2.05) is 6.07 Å². The van der Waals surface area contributed by atoms with Gasteiger partial charge in [0.25, 0.3) is 0 Å². The molecule has 0 amide bonds. The topological polar surface area (TPSA) is 24.5 Å². The third kappa shape index (κ3) is 3.50. The summed E-state index contributed by atoms with van der Waals surface area (Å²) in [6.45, 7) is 3.76. The first-order valence-corrected chi connectivity index (χ1v) is 7.60. The molecule has 1 atom stereocenters. The quantitative estimate of drug-likeness (QED) is 0.903. The van der Waals surface area contributed by atoms with Crippen LogP contribution in [0.4, 0.5) is 4.39 Å². The van der Waals surface area contributed by atoms with Crippen molar-refractivity contribution < 1.29 is 9.13 Å². The fraction of sp³-hybridized carbons (Fsp3) is 0.600. The van der Waals surface area contributed by atoms with Gasteiger partial charge in [-0.05, 0) is 18.9 Å². The Bertz CT molecular complexity index is 467. The summed E-state index contributed by atoms with van der Waals surface area (Å²) in [4.78, 5) is 2.29. The van der Waals surface area contributed by atoms with E-state index in [1.165, 1.54) is 12.8 Å². The standard InChI is InChI=1S/C15H20ClFN2O/c16-14-3-1-2-11(15(14)17)9-19-6-7-20-10-13(19)8-18-12-4-5-12/h1-3,12-13,18H,4-10H2.